The molecule has 0 aromatic heterocycles. The van der Waals surface area contributed by atoms with Gasteiger partial charge in [0.2, 0.25) is 0 Å². The van der Waals surface area contributed by atoms with E-state index in [0.717, 1.165) is 0 Å². The molecule has 0 saturated carbocycles. The third-order valence-corrected chi connectivity index (χ3v) is 1.63. The highest BCUT2D eigenvalue weighted by atomic mass is 32.2. The Kier molecular flexibility index (Phi) is 2.51. The largest absolute Gasteiger partial charge is 0.755 e. The maximum absolute atomic E-state index is 10.1. The Morgan fingerprint density at radius 2 is 2.25 bits per heavy atom. The van der Waals surface area contributed by atoms with Gasteiger partial charge in [0.25, 0.3) is 0 Å². The Labute approximate surface area is 71.6 Å². The van der Waals surface area contributed by atoms with Crippen molar-refractivity contribution in [2.75, 3.05) is 10.5 Å². The molecular weight excluding hydrogens is 180 g/mol. The number of anilines is 2. The Morgan fingerprint density at radius 1 is 1.58 bits per heavy atom. The highest BCUT2D eigenvalue weighted by molar-refractivity contribution is 7.80. The summed E-state index contributed by atoms with van der Waals surface area (Å²) in [6, 6.07) is 4.08. The molecule has 0 radical (unpaired) electrons. The van der Waals surface area contributed by atoms with Gasteiger partial charge in [0.15, 0.2) is 0 Å². The Bertz CT molecular complexity index is 316. The molecule has 66 valence electrons. The Morgan fingerprint density at radius 3 is 2.75 bits per heavy atom. The first-order chi connectivity index (χ1) is 5.59. The van der Waals surface area contributed by atoms with Crippen LogP contribution in [0.3, 0.4) is 0 Å². The van der Waals surface area contributed by atoms with Crippen LogP contribution in [0.1, 0.15) is 0 Å². The number of nitrogens with two attached hydrogens (primary N) is 1. The Balaban J connectivity index is 2.89. The zero-order chi connectivity index (χ0) is 9.14. The van der Waals surface area contributed by atoms with Gasteiger partial charge >= 0.3 is 0 Å². The van der Waals surface area contributed by atoms with Crippen molar-refractivity contribution in [3.63, 3.8) is 0 Å². The molecule has 1 atom stereocenters. The molecule has 1 aromatic carbocycles. The number of rotatable bonds is 2. The molecule has 12 heavy (non-hydrogen) atoms. The van der Waals surface area contributed by atoms with Crippen LogP contribution < -0.4 is 10.5 Å². The second-order valence-corrected chi connectivity index (χ2v) is 2.78. The second-order valence-electron chi connectivity index (χ2n) is 2.11. The van der Waals surface area contributed by atoms with E-state index in [4.69, 9.17) is 10.8 Å². The molecule has 0 aliphatic heterocycles. The van der Waals surface area contributed by atoms with Crippen LogP contribution in [0.2, 0.25) is 0 Å². The van der Waals surface area contributed by atoms with E-state index in [1.165, 1.54) is 18.2 Å². The number of aromatic hydroxyl groups is 1. The van der Waals surface area contributed by atoms with Crippen LogP contribution in [-0.4, -0.2) is 13.9 Å². The molecule has 1 rings (SSSR count). The van der Waals surface area contributed by atoms with Gasteiger partial charge in [-0.25, -0.2) is 0 Å². The fourth-order valence-corrected chi connectivity index (χ4v) is 1.02. The summed E-state index contributed by atoms with van der Waals surface area (Å²) in [6.45, 7) is 0. The predicted octanol–water partition coefficient (Wildman–Crippen LogP) is 0.180. The molecule has 0 amide bonds. The molecule has 1 unspecified atom stereocenters. The van der Waals surface area contributed by atoms with Gasteiger partial charge in [-0.1, -0.05) is 0 Å². The van der Waals surface area contributed by atoms with Crippen LogP contribution in [0.25, 0.3) is 0 Å². The van der Waals surface area contributed by atoms with E-state index >= 15 is 0 Å². The van der Waals surface area contributed by atoms with Crippen molar-refractivity contribution in [2.45, 2.75) is 0 Å². The van der Waals surface area contributed by atoms with Crippen LogP contribution in [0.5, 0.6) is 5.75 Å². The van der Waals surface area contributed by atoms with Crippen LogP contribution in [-0.2, 0) is 11.3 Å². The van der Waals surface area contributed by atoms with Crippen molar-refractivity contribution >= 4 is 22.6 Å². The number of phenolic OH excluding ortho intramolecular Hbond substituents is 1. The summed E-state index contributed by atoms with van der Waals surface area (Å²) >= 11 is -2.38. The molecule has 6 heteroatoms. The fraction of sp³-hybridized carbons (Fsp3) is 0. The molecule has 0 spiro atoms. The van der Waals surface area contributed by atoms with Gasteiger partial charge < -0.3 is 20.1 Å². The number of nitrogens with one attached hydrogen (secondary N) is 1. The number of benzene rings is 1. The van der Waals surface area contributed by atoms with Crippen LogP contribution >= 0.6 is 0 Å². The normalized spacial score (nSPS) is 12.4. The lowest BCUT2D eigenvalue weighted by molar-refractivity contribution is 0.478. The zero-order valence-electron chi connectivity index (χ0n) is 5.98. The minimum atomic E-state index is -2.38. The SMILES string of the molecule is Nc1ccc(NS(=O)[O-])cc1O. The first-order valence-electron chi connectivity index (χ1n) is 3.04. The predicted molar refractivity (Wildman–Crippen MR) is 45.1 cm³/mol. The van der Waals surface area contributed by atoms with Gasteiger partial charge in [0, 0.05) is 23.0 Å². The Hall–Kier alpha value is -1.27. The molecule has 0 fully saturated rings. The van der Waals surface area contributed by atoms with Crippen LogP contribution in [0.4, 0.5) is 11.4 Å². The number of hydrogen-bond donors (Lipinski definition) is 3. The summed E-state index contributed by atoms with van der Waals surface area (Å²) < 4.78 is 22.4. The quantitative estimate of drug-likeness (QED) is 0.349. The minimum Gasteiger partial charge on any atom is -0.755 e. The molecule has 0 bridgehead atoms. The van der Waals surface area contributed by atoms with E-state index in [2.05, 4.69) is 4.72 Å². The number of hydrogen-bond acceptors (Lipinski definition) is 4. The summed E-state index contributed by atoms with van der Waals surface area (Å²) in [5, 5.41) is 9.05. The highest BCUT2D eigenvalue weighted by Gasteiger charge is 1.97. The molecular formula is C6H7N2O3S-. The van der Waals surface area contributed by atoms with Crippen molar-refractivity contribution in [1.29, 1.82) is 0 Å². The lowest BCUT2D eigenvalue weighted by Gasteiger charge is -2.08. The van der Waals surface area contributed by atoms with Crippen molar-refractivity contribution in [1.82, 2.24) is 0 Å². The van der Waals surface area contributed by atoms with Crippen LogP contribution in [0, 0.1) is 0 Å². The molecule has 1 aromatic rings. The van der Waals surface area contributed by atoms with Crippen LogP contribution in [0.15, 0.2) is 18.2 Å². The lowest BCUT2D eigenvalue weighted by atomic mass is 10.3. The van der Waals surface area contributed by atoms with Gasteiger partial charge in [0.05, 0.1) is 5.69 Å². The third kappa shape index (κ3) is 2.11. The van der Waals surface area contributed by atoms with Crippen molar-refractivity contribution in [3.05, 3.63) is 18.2 Å². The summed E-state index contributed by atoms with van der Waals surface area (Å²) in [4.78, 5) is 0. The molecule has 0 saturated heterocycles. The molecule has 0 aliphatic carbocycles. The van der Waals surface area contributed by atoms with E-state index < -0.39 is 11.3 Å². The van der Waals surface area contributed by atoms with E-state index in [1.807, 2.05) is 0 Å². The topological polar surface area (TPSA) is 98.4 Å². The van der Waals surface area contributed by atoms with Gasteiger partial charge in [-0.05, 0) is 12.1 Å². The van der Waals surface area contributed by atoms with Gasteiger partial charge in [0.1, 0.15) is 5.75 Å². The third-order valence-electron chi connectivity index (χ3n) is 1.23. The average Bonchev–Trinajstić information content (AvgIpc) is 1.96. The molecule has 4 N–H and O–H groups in total. The average molecular weight is 187 g/mol. The van der Waals surface area contributed by atoms with Crippen molar-refractivity contribution in [3.8, 4) is 5.75 Å². The van der Waals surface area contributed by atoms with E-state index in [1.54, 1.807) is 0 Å². The maximum Gasteiger partial charge on any atom is 0.140 e. The monoisotopic (exact) mass is 187 g/mol. The first kappa shape index (κ1) is 8.82. The minimum absolute atomic E-state index is 0.148. The lowest BCUT2D eigenvalue weighted by Crippen LogP contribution is -2.02. The van der Waals surface area contributed by atoms with E-state index in [9.17, 15) is 8.76 Å². The fourth-order valence-electron chi connectivity index (χ4n) is 0.703. The van der Waals surface area contributed by atoms with Gasteiger partial charge in [-0.3, -0.25) is 4.21 Å². The molecule has 5 nitrogen and oxygen atoms in total. The number of nitrogen functional groups attached to an aromatic ring is 1. The van der Waals surface area contributed by atoms with Crippen molar-refractivity contribution in [2.24, 2.45) is 0 Å². The zero-order valence-corrected chi connectivity index (χ0v) is 6.80. The van der Waals surface area contributed by atoms with Gasteiger partial charge in [-0.15, -0.1) is 0 Å². The van der Waals surface area contributed by atoms with Gasteiger partial charge in [-0.2, -0.15) is 0 Å². The van der Waals surface area contributed by atoms with E-state index in [-0.39, 0.29) is 17.1 Å². The van der Waals surface area contributed by atoms with E-state index in [0.29, 0.717) is 0 Å². The molecule has 0 aliphatic rings. The smallest absolute Gasteiger partial charge is 0.140 e. The molecule has 0 heterocycles. The summed E-state index contributed by atoms with van der Waals surface area (Å²) in [5.41, 5.74) is 5.77. The summed E-state index contributed by atoms with van der Waals surface area (Å²) in [6.07, 6.45) is 0. The second kappa shape index (κ2) is 3.42. The van der Waals surface area contributed by atoms with Crippen molar-refractivity contribution < 1.29 is 13.9 Å². The highest BCUT2D eigenvalue weighted by Crippen LogP contribution is 2.23. The maximum atomic E-state index is 10.1. The standard InChI is InChI=1S/C6H8N2O3S/c7-5-2-1-4(3-6(5)9)8-12(10)11/h1-3,8-9H,7H2,(H,10,11)/p-1. The first-order valence-corrected chi connectivity index (χ1v) is 4.11. The number of phenols is 1. The summed E-state index contributed by atoms with van der Waals surface area (Å²) in [7, 11) is 0. The summed E-state index contributed by atoms with van der Waals surface area (Å²) in [5.74, 6) is -0.148.